The molecule has 2 aromatic carbocycles. The maximum absolute atomic E-state index is 13.2. The van der Waals surface area contributed by atoms with Crippen molar-refractivity contribution in [1.29, 1.82) is 5.26 Å². The van der Waals surface area contributed by atoms with Gasteiger partial charge in [-0.05, 0) is 30.4 Å². The third-order valence-corrected chi connectivity index (χ3v) is 4.72. The Morgan fingerprint density at radius 3 is 1.96 bits per heavy atom. The van der Waals surface area contributed by atoms with Crippen molar-refractivity contribution in [2.24, 2.45) is 0 Å². The number of carbonyl (C=O) groups excluding carboxylic acids is 1. The van der Waals surface area contributed by atoms with Crippen molar-refractivity contribution in [3.63, 3.8) is 0 Å². The summed E-state index contributed by atoms with van der Waals surface area (Å²) in [7, 11) is 0. The molecule has 0 radical (unpaired) electrons. The van der Waals surface area contributed by atoms with Crippen LogP contribution in [0.1, 0.15) is 42.2 Å². The molecule has 2 atom stereocenters. The monoisotopic (exact) mass is 318 g/mol. The normalized spacial score (nSPS) is 16.9. The number of piperidine rings is 1. The molecule has 1 fully saturated rings. The molecule has 1 saturated heterocycles. The third-order valence-electron chi connectivity index (χ3n) is 4.72. The van der Waals surface area contributed by atoms with Crippen LogP contribution in [0, 0.1) is 11.3 Å². The quantitative estimate of drug-likeness (QED) is 0.852. The lowest BCUT2D eigenvalue weighted by Gasteiger charge is -2.32. The summed E-state index contributed by atoms with van der Waals surface area (Å²) in [5, 5.41) is 9.84. The van der Waals surface area contributed by atoms with E-state index in [1.54, 1.807) is 0 Å². The fourth-order valence-corrected chi connectivity index (χ4v) is 3.45. The summed E-state index contributed by atoms with van der Waals surface area (Å²) < 4.78 is 0. The van der Waals surface area contributed by atoms with E-state index in [0.29, 0.717) is 0 Å². The number of amides is 1. The molecule has 122 valence electrons. The molecular formula is C21H22N2O. The van der Waals surface area contributed by atoms with E-state index in [-0.39, 0.29) is 5.91 Å². The van der Waals surface area contributed by atoms with Crippen LogP contribution in [0.4, 0.5) is 0 Å². The predicted molar refractivity (Wildman–Crippen MR) is 94.4 cm³/mol. The molecule has 0 bridgehead atoms. The second kappa shape index (κ2) is 7.79. The molecule has 0 aromatic heterocycles. The molecule has 0 N–H and O–H groups in total. The Labute approximate surface area is 143 Å². The van der Waals surface area contributed by atoms with Gasteiger partial charge in [-0.2, -0.15) is 5.26 Å². The van der Waals surface area contributed by atoms with Gasteiger partial charge in [0.1, 0.15) is 0 Å². The van der Waals surface area contributed by atoms with Crippen LogP contribution in [0.15, 0.2) is 60.7 Å². The van der Waals surface area contributed by atoms with E-state index in [0.717, 1.165) is 37.1 Å². The van der Waals surface area contributed by atoms with Gasteiger partial charge in [-0.25, -0.2) is 0 Å². The fourth-order valence-electron chi connectivity index (χ4n) is 3.45. The number of hydrogen-bond acceptors (Lipinski definition) is 2. The third kappa shape index (κ3) is 3.49. The molecule has 0 saturated carbocycles. The van der Waals surface area contributed by atoms with Gasteiger partial charge >= 0.3 is 0 Å². The van der Waals surface area contributed by atoms with Crippen LogP contribution in [-0.2, 0) is 4.79 Å². The molecule has 0 spiro atoms. The SMILES string of the molecule is N#CC(c1ccccc1)C(C(=O)N1CCCCC1)c1ccccc1. The van der Waals surface area contributed by atoms with Crippen molar-refractivity contribution < 1.29 is 4.79 Å². The van der Waals surface area contributed by atoms with Crippen molar-refractivity contribution in [2.45, 2.75) is 31.1 Å². The Hall–Kier alpha value is -2.60. The lowest BCUT2D eigenvalue weighted by molar-refractivity contribution is -0.134. The first-order valence-corrected chi connectivity index (χ1v) is 8.59. The molecule has 3 nitrogen and oxygen atoms in total. The van der Waals surface area contributed by atoms with Crippen LogP contribution in [-0.4, -0.2) is 23.9 Å². The van der Waals surface area contributed by atoms with Gasteiger partial charge in [0.15, 0.2) is 0 Å². The maximum Gasteiger partial charge on any atom is 0.231 e. The number of benzene rings is 2. The zero-order chi connectivity index (χ0) is 16.8. The molecule has 1 heterocycles. The second-order valence-corrected chi connectivity index (χ2v) is 6.29. The molecule has 1 aliphatic rings. The van der Waals surface area contributed by atoms with Gasteiger partial charge in [-0.3, -0.25) is 4.79 Å². The molecule has 3 heteroatoms. The van der Waals surface area contributed by atoms with E-state index < -0.39 is 11.8 Å². The highest BCUT2D eigenvalue weighted by Gasteiger charge is 2.34. The lowest BCUT2D eigenvalue weighted by atomic mass is 9.81. The average molecular weight is 318 g/mol. The van der Waals surface area contributed by atoms with Crippen LogP contribution in [0.5, 0.6) is 0 Å². The Morgan fingerprint density at radius 1 is 0.875 bits per heavy atom. The molecular weight excluding hydrogens is 296 g/mol. The van der Waals surface area contributed by atoms with E-state index in [4.69, 9.17) is 0 Å². The fraction of sp³-hybridized carbons (Fsp3) is 0.333. The minimum absolute atomic E-state index is 0.0799. The predicted octanol–water partition coefficient (Wildman–Crippen LogP) is 4.09. The van der Waals surface area contributed by atoms with E-state index >= 15 is 0 Å². The Balaban J connectivity index is 1.98. The highest BCUT2D eigenvalue weighted by atomic mass is 16.2. The molecule has 2 aromatic rings. The van der Waals surface area contributed by atoms with Gasteiger partial charge in [0.05, 0.1) is 17.9 Å². The summed E-state index contributed by atoms with van der Waals surface area (Å²) in [6.45, 7) is 1.60. The van der Waals surface area contributed by atoms with Gasteiger partial charge in [0.25, 0.3) is 0 Å². The van der Waals surface area contributed by atoms with Crippen molar-refractivity contribution in [3.8, 4) is 6.07 Å². The first-order chi connectivity index (χ1) is 11.8. The smallest absolute Gasteiger partial charge is 0.231 e. The first-order valence-electron chi connectivity index (χ1n) is 8.59. The lowest BCUT2D eigenvalue weighted by Crippen LogP contribution is -2.40. The number of rotatable bonds is 4. The van der Waals surface area contributed by atoms with Gasteiger partial charge in [-0.1, -0.05) is 60.7 Å². The summed E-state index contributed by atoms with van der Waals surface area (Å²) in [6, 6.07) is 21.8. The minimum Gasteiger partial charge on any atom is -0.342 e. The number of carbonyl (C=O) groups is 1. The number of nitrogens with zero attached hydrogens (tertiary/aromatic N) is 2. The number of likely N-dealkylation sites (tertiary alicyclic amines) is 1. The molecule has 1 amide bonds. The maximum atomic E-state index is 13.2. The topological polar surface area (TPSA) is 44.1 Å². The first kappa shape index (κ1) is 16.3. The van der Waals surface area contributed by atoms with Crippen molar-refractivity contribution in [1.82, 2.24) is 4.90 Å². The number of nitriles is 1. The Bertz CT molecular complexity index is 700. The van der Waals surface area contributed by atoms with Gasteiger partial charge in [0, 0.05) is 13.1 Å². The summed E-state index contributed by atoms with van der Waals surface area (Å²) in [6.07, 6.45) is 3.28. The van der Waals surface area contributed by atoms with Crippen molar-refractivity contribution in [3.05, 3.63) is 71.8 Å². The Kier molecular flexibility index (Phi) is 5.28. The molecule has 3 rings (SSSR count). The number of hydrogen-bond donors (Lipinski definition) is 0. The standard InChI is InChI=1S/C21H22N2O/c22-16-19(17-10-4-1-5-11-17)20(18-12-6-2-7-13-18)21(24)23-14-8-3-9-15-23/h1-2,4-7,10-13,19-20H,3,8-9,14-15H2. The van der Waals surface area contributed by atoms with Crippen molar-refractivity contribution in [2.75, 3.05) is 13.1 Å². The van der Waals surface area contributed by atoms with Crippen LogP contribution in [0.3, 0.4) is 0 Å². The van der Waals surface area contributed by atoms with Gasteiger partial charge in [0.2, 0.25) is 5.91 Å². The average Bonchev–Trinajstić information content (AvgIpc) is 2.67. The van der Waals surface area contributed by atoms with Crippen LogP contribution in [0.2, 0.25) is 0 Å². The van der Waals surface area contributed by atoms with Crippen molar-refractivity contribution >= 4 is 5.91 Å². The summed E-state index contributed by atoms with van der Waals surface area (Å²) in [5.74, 6) is -0.837. The Morgan fingerprint density at radius 2 is 1.42 bits per heavy atom. The highest BCUT2D eigenvalue weighted by molar-refractivity contribution is 5.85. The van der Waals surface area contributed by atoms with Crippen LogP contribution < -0.4 is 0 Å². The van der Waals surface area contributed by atoms with E-state index in [2.05, 4.69) is 6.07 Å². The van der Waals surface area contributed by atoms with E-state index in [9.17, 15) is 10.1 Å². The molecule has 0 aliphatic carbocycles. The van der Waals surface area contributed by atoms with E-state index in [1.165, 1.54) is 6.42 Å². The van der Waals surface area contributed by atoms with Gasteiger partial charge in [-0.15, -0.1) is 0 Å². The summed E-state index contributed by atoms with van der Waals surface area (Å²) >= 11 is 0. The zero-order valence-electron chi connectivity index (χ0n) is 13.8. The van der Waals surface area contributed by atoms with Crippen LogP contribution >= 0.6 is 0 Å². The highest BCUT2D eigenvalue weighted by Crippen LogP contribution is 2.35. The second-order valence-electron chi connectivity index (χ2n) is 6.29. The summed E-state index contributed by atoms with van der Waals surface area (Å²) in [5.41, 5.74) is 1.82. The van der Waals surface area contributed by atoms with Gasteiger partial charge < -0.3 is 4.90 Å². The van der Waals surface area contributed by atoms with E-state index in [1.807, 2.05) is 65.6 Å². The molecule has 1 aliphatic heterocycles. The summed E-state index contributed by atoms with van der Waals surface area (Å²) in [4.78, 5) is 15.2. The zero-order valence-corrected chi connectivity index (χ0v) is 13.8. The van der Waals surface area contributed by atoms with Crippen LogP contribution in [0.25, 0.3) is 0 Å². The minimum atomic E-state index is -0.469. The molecule has 24 heavy (non-hydrogen) atoms. The molecule has 2 unspecified atom stereocenters. The largest absolute Gasteiger partial charge is 0.342 e.